The van der Waals surface area contributed by atoms with E-state index in [1.54, 1.807) is 32.1 Å². The van der Waals surface area contributed by atoms with Crippen molar-refractivity contribution in [2.24, 2.45) is 17.8 Å². The average molecular weight is 575 g/mol. The van der Waals surface area contributed by atoms with E-state index in [4.69, 9.17) is 0 Å². The van der Waals surface area contributed by atoms with Crippen molar-refractivity contribution in [1.82, 2.24) is 0 Å². The fraction of sp³-hybridized carbons (Fsp3) is 1.00. The highest BCUT2D eigenvalue weighted by Gasteiger charge is 2.27. The van der Waals surface area contributed by atoms with Crippen molar-refractivity contribution in [3.8, 4) is 0 Å². The smallest absolute Gasteiger partial charge is 0.0409 e. The van der Waals surface area contributed by atoms with Gasteiger partial charge in [0.25, 0.3) is 0 Å². The SMILES string of the molecule is CCCCCCCCCCCCCCCCCC1CC(CC)CC(CCCCCCCCCCCCCCCC)C1. The second-order valence-electron chi connectivity index (χ2n) is 14.8. The van der Waals surface area contributed by atoms with Gasteiger partial charge in [-0.3, -0.25) is 0 Å². The first kappa shape index (κ1) is 39.0. The third-order valence-corrected chi connectivity index (χ3v) is 10.8. The van der Waals surface area contributed by atoms with E-state index < -0.39 is 0 Å². The summed E-state index contributed by atoms with van der Waals surface area (Å²) in [5.74, 6) is 3.17. The van der Waals surface area contributed by atoms with Crippen LogP contribution < -0.4 is 0 Å². The summed E-state index contributed by atoms with van der Waals surface area (Å²) in [6.45, 7) is 7.09. The van der Waals surface area contributed by atoms with Crippen LogP contribution >= 0.6 is 0 Å². The standard InChI is InChI=1S/C41H82/c1-4-7-9-11-13-15-17-19-21-23-25-27-29-31-33-35-41-37-39(6-3)36-40(38-41)34-32-30-28-26-24-22-20-18-16-14-12-10-8-5-2/h39-41H,4-38H2,1-3H3. The van der Waals surface area contributed by atoms with Gasteiger partial charge in [0, 0.05) is 0 Å². The maximum absolute atomic E-state index is 2.46. The van der Waals surface area contributed by atoms with Crippen LogP contribution in [-0.2, 0) is 0 Å². The van der Waals surface area contributed by atoms with Crippen molar-refractivity contribution in [3.05, 3.63) is 0 Å². The molecule has 0 amide bonds. The van der Waals surface area contributed by atoms with Crippen molar-refractivity contribution in [1.29, 1.82) is 0 Å². The second kappa shape index (κ2) is 31.4. The highest BCUT2D eigenvalue weighted by atomic mass is 14.3. The van der Waals surface area contributed by atoms with Crippen LogP contribution in [0.2, 0.25) is 0 Å². The van der Waals surface area contributed by atoms with Crippen LogP contribution in [0, 0.1) is 17.8 Å². The molecule has 1 aliphatic carbocycles. The number of hydrogen-bond donors (Lipinski definition) is 0. The van der Waals surface area contributed by atoms with Gasteiger partial charge in [0.15, 0.2) is 0 Å². The lowest BCUT2D eigenvalue weighted by atomic mass is 9.71. The van der Waals surface area contributed by atoms with Crippen molar-refractivity contribution >= 4 is 0 Å². The van der Waals surface area contributed by atoms with Gasteiger partial charge < -0.3 is 0 Å². The Morgan fingerprint density at radius 1 is 0.268 bits per heavy atom. The van der Waals surface area contributed by atoms with E-state index in [1.165, 1.54) is 193 Å². The molecule has 0 bridgehead atoms. The van der Waals surface area contributed by atoms with E-state index in [9.17, 15) is 0 Å². The van der Waals surface area contributed by atoms with Crippen LogP contribution in [0.3, 0.4) is 0 Å². The Morgan fingerprint density at radius 2 is 0.488 bits per heavy atom. The maximum Gasteiger partial charge on any atom is -0.0409 e. The molecular weight excluding hydrogens is 492 g/mol. The maximum atomic E-state index is 2.46. The summed E-state index contributed by atoms with van der Waals surface area (Å²) in [4.78, 5) is 0. The molecule has 3 unspecified atom stereocenters. The zero-order valence-electron chi connectivity index (χ0n) is 29.5. The van der Waals surface area contributed by atoms with E-state index in [1.807, 2.05) is 0 Å². The Labute approximate surface area is 262 Å². The van der Waals surface area contributed by atoms with E-state index in [0.29, 0.717) is 0 Å². The first-order valence-corrected chi connectivity index (χ1v) is 20.3. The topological polar surface area (TPSA) is 0 Å². The lowest BCUT2D eigenvalue weighted by Gasteiger charge is -2.35. The second-order valence-corrected chi connectivity index (χ2v) is 14.8. The molecule has 1 aliphatic rings. The van der Waals surface area contributed by atoms with Gasteiger partial charge in [-0.05, 0) is 37.0 Å². The number of hydrogen-bond acceptors (Lipinski definition) is 0. The molecule has 246 valence electrons. The molecule has 3 atom stereocenters. The van der Waals surface area contributed by atoms with E-state index >= 15 is 0 Å². The molecule has 0 N–H and O–H groups in total. The molecule has 1 saturated carbocycles. The first-order valence-electron chi connectivity index (χ1n) is 20.3. The van der Waals surface area contributed by atoms with Gasteiger partial charge >= 0.3 is 0 Å². The van der Waals surface area contributed by atoms with Crippen LogP contribution in [-0.4, -0.2) is 0 Å². The Hall–Kier alpha value is 0. The molecule has 0 aromatic rings. The predicted octanol–water partition coefficient (Wildman–Crippen LogP) is 15.6. The molecule has 1 fully saturated rings. The molecule has 0 aromatic carbocycles. The molecule has 0 spiro atoms. The van der Waals surface area contributed by atoms with E-state index in [-0.39, 0.29) is 0 Å². The van der Waals surface area contributed by atoms with E-state index in [0.717, 1.165) is 17.8 Å². The monoisotopic (exact) mass is 575 g/mol. The summed E-state index contributed by atoms with van der Waals surface area (Å²) in [5, 5.41) is 0. The molecule has 1 rings (SSSR count). The first-order chi connectivity index (χ1) is 20.3. The van der Waals surface area contributed by atoms with Crippen LogP contribution in [0.15, 0.2) is 0 Å². The number of rotatable bonds is 32. The minimum absolute atomic E-state index is 1.04. The largest absolute Gasteiger partial charge is 0.0654 e. The minimum atomic E-state index is 1.04. The summed E-state index contributed by atoms with van der Waals surface area (Å²) in [7, 11) is 0. The van der Waals surface area contributed by atoms with Crippen LogP contribution in [0.5, 0.6) is 0 Å². The molecule has 0 aliphatic heterocycles. The molecule has 0 nitrogen and oxygen atoms in total. The van der Waals surface area contributed by atoms with Crippen molar-refractivity contribution in [3.63, 3.8) is 0 Å². The van der Waals surface area contributed by atoms with Gasteiger partial charge in [0.1, 0.15) is 0 Å². The summed E-state index contributed by atoms with van der Waals surface area (Å²) in [6.07, 6.45) is 52.2. The average Bonchev–Trinajstić information content (AvgIpc) is 2.99. The lowest BCUT2D eigenvalue weighted by Crippen LogP contribution is -2.22. The summed E-state index contributed by atoms with van der Waals surface area (Å²) < 4.78 is 0. The fourth-order valence-corrected chi connectivity index (χ4v) is 7.94. The molecule has 0 heterocycles. The van der Waals surface area contributed by atoms with Crippen molar-refractivity contribution in [2.45, 2.75) is 245 Å². The Kier molecular flexibility index (Phi) is 29.9. The molecule has 0 aromatic heterocycles. The third kappa shape index (κ3) is 26.1. The highest BCUT2D eigenvalue weighted by Crippen LogP contribution is 2.39. The quantitative estimate of drug-likeness (QED) is 0.0701. The van der Waals surface area contributed by atoms with Gasteiger partial charge in [0.05, 0.1) is 0 Å². The van der Waals surface area contributed by atoms with Crippen LogP contribution in [0.25, 0.3) is 0 Å². The molecular formula is C41H82. The zero-order valence-corrected chi connectivity index (χ0v) is 29.5. The summed E-state index contributed by atoms with van der Waals surface area (Å²) in [5.41, 5.74) is 0. The third-order valence-electron chi connectivity index (χ3n) is 10.8. The van der Waals surface area contributed by atoms with Crippen LogP contribution in [0.1, 0.15) is 245 Å². The summed E-state index contributed by atoms with van der Waals surface area (Å²) in [6, 6.07) is 0. The predicted molar refractivity (Wildman–Crippen MR) is 189 cm³/mol. The Bertz CT molecular complexity index is 480. The molecule has 0 heteroatoms. The Balaban J connectivity index is 1.92. The van der Waals surface area contributed by atoms with Crippen molar-refractivity contribution < 1.29 is 0 Å². The number of unbranched alkanes of at least 4 members (excludes halogenated alkanes) is 27. The zero-order chi connectivity index (χ0) is 29.5. The van der Waals surface area contributed by atoms with Gasteiger partial charge in [-0.1, -0.05) is 226 Å². The van der Waals surface area contributed by atoms with Gasteiger partial charge in [-0.2, -0.15) is 0 Å². The van der Waals surface area contributed by atoms with Crippen LogP contribution in [0.4, 0.5) is 0 Å². The normalized spacial score (nSPS) is 19.2. The molecule has 0 radical (unpaired) electrons. The lowest BCUT2D eigenvalue weighted by molar-refractivity contribution is 0.169. The van der Waals surface area contributed by atoms with Crippen molar-refractivity contribution in [2.75, 3.05) is 0 Å². The van der Waals surface area contributed by atoms with Gasteiger partial charge in [-0.15, -0.1) is 0 Å². The minimum Gasteiger partial charge on any atom is -0.0654 e. The fourth-order valence-electron chi connectivity index (χ4n) is 7.94. The molecule has 41 heavy (non-hydrogen) atoms. The van der Waals surface area contributed by atoms with Gasteiger partial charge in [0.2, 0.25) is 0 Å². The van der Waals surface area contributed by atoms with E-state index in [2.05, 4.69) is 20.8 Å². The Morgan fingerprint density at radius 3 is 0.732 bits per heavy atom. The van der Waals surface area contributed by atoms with Gasteiger partial charge in [-0.25, -0.2) is 0 Å². The summed E-state index contributed by atoms with van der Waals surface area (Å²) >= 11 is 0. The highest BCUT2D eigenvalue weighted by molar-refractivity contribution is 4.79. The molecule has 0 saturated heterocycles.